The molecule has 0 radical (unpaired) electrons. The molecule has 0 aliphatic rings. The molecule has 156 valence electrons. The molecule has 0 aliphatic carbocycles. The molecule has 0 amide bonds. The number of carbonyl (C=O) groups excluding carboxylic acids is 1. The average molecular weight is 438 g/mol. The van der Waals surface area contributed by atoms with Crippen molar-refractivity contribution in [2.45, 2.75) is 19.9 Å². The average Bonchev–Trinajstić information content (AvgIpc) is 2.74. The van der Waals surface area contributed by atoms with Crippen LogP contribution in [0.4, 0.5) is 5.69 Å². The van der Waals surface area contributed by atoms with Crippen molar-refractivity contribution < 1.29 is 14.8 Å². The summed E-state index contributed by atoms with van der Waals surface area (Å²) in [6, 6.07) is 13.4. The Labute approximate surface area is 181 Å². The molecule has 0 saturated carbocycles. The molecule has 3 rings (SSSR count). The van der Waals surface area contributed by atoms with E-state index in [2.05, 4.69) is 0 Å². The topological polar surface area (TPSA) is 126 Å². The van der Waals surface area contributed by atoms with Crippen LogP contribution in [0.15, 0.2) is 53.3 Å². The number of aromatic hydroxyl groups is 1. The largest absolute Gasteiger partial charge is 0.494 e. The molecule has 1 atom stereocenters. The van der Waals surface area contributed by atoms with E-state index >= 15 is 0 Å². The smallest absolute Gasteiger partial charge is 0.288 e. The monoisotopic (exact) mass is 437 g/mol. The molecule has 1 heterocycles. The van der Waals surface area contributed by atoms with Crippen LogP contribution in [0, 0.1) is 28.4 Å². The molecule has 0 bridgehead atoms. The summed E-state index contributed by atoms with van der Waals surface area (Å²) < 4.78 is 0.971. The molecule has 0 spiro atoms. The molecule has 0 fully saturated rings. The van der Waals surface area contributed by atoms with E-state index in [-0.39, 0.29) is 27.3 Å². The lowest BCUT2D eigenvalue weighted by molar-refractivity contribution is -0.384. The Bertz CT molecular complexity index is 1310. The standard InChI is InChI=1S/C22H16ClN3O5/c1-12-16(11-24)21(28)25(13(2)14-6-4-3-5-7-14)22(29)19(12)20(27)15-8-9-17(23)18(10-15)26(30)31/h3-10,13,29H,1-2H3. The lowest BCUT2D eigenvalue weighted by atomic mass is 9.96. The van der Waals surface area contributed by atoms with Crippen LogP contribution in [0.3, 0.4) is 0 Å². The predicted molar refractivity (Wildman–Crippen MR) is 114 cm³/mol. The van der Waals surface area contributed by atoms with Crippen molar-refractivity contribution in [2.75, 3.05) is 0 Å². The number of hydrogen-bond acceptors (Lipinski definition) is 6. The summed E-state index contributed by atoms with van der Waals surface area (Å²) in [6.45, 7) is 3.02. The maximum absolute atomic E-state index is 13.2. The number of carbonyl (C=O) groups is 1. The molecule has 31 heavy (non-hydrogen) atoms. The molecular formula is C22H16ClN3O5. The number of nitro benzene ring substituents is 1. The van der Waals surface area contributed by atoms with Gasteiger partial charge in [-0.2, -0.15) is 5.26 Å². The Morgan fingerprint density at radius 2 is 1.90 bits per heavy atom. The molecule has 1 unspecified atom stereocenters. The zero-order valence-electron chi connectivity index (χ0n) is 16.5. The van der Waals surface area contributed by atoms with E-state index < -0.39 is 33.9 Å². The van der Waals surface area contributed by atoms with Gasteiger partial charge >= 0.3 is 0 Å². The second-order valence-corrected chi connectivity index (χ2v) is 7.23. The minimum Gasteiger partial charge on any atom is -0.494 e. The number of pyridine rings is 1. The van der Waals surface area contributed by atoms with E-state index in [1.54, 1.807) is 43.3 Å². The minimum absolute atomic E-state index is 0.0101. The summed E-state index contributed by atoms with van der Waals surface area (Å²) >= 11 is 5.82. The number of nitro groups is 1. The number of benzene rings is 2. The second kappa shape index (κ2) is 8.42. The second-order valence-electron chi connectivity index (χ2n) is 6.82. The van der Waals surface area contributed by atoms with Crippen LogP contribution in [0.1, 0.15) is 45.6 Å². The SMILES string of the molecule is Cc1c(C(=O)c2ccc(Cl)c([N+](=O)[O-])c2)c(O)n(C(C)c2ccccc2)c(=O)c1C#N. The van der Waals surface area contributed by atoms with Gasteiger partial charge in [0.2, 0.25) is 5.88 Å². The van der Waals surface area contributed by atoms with Gasteiger partial charge in [0, 0.05) is 11.6 Å². The van der Waals surface area contributed by atoms with Gasteiger partial charge in [0.25, 0.3) is 11.2 Å². The molecule has 9 heteroatoms. The van der Waals surface area contributed by atoms with Gasteiger partial charge in [-0.05, 0) is 37.1 Å². The van der Waals surface area contributed by atoms with E-state index in [0.717, 1.165) is 10.6 Å². The molecular weight excluding hydrogens is 422 g/mol. The number of hydrogen-bond donors (Lipinski definition) is 1. The predicted octanol–water partition coefficient (Wildman–Crippen LogP) is 4.14. The number of aromatic nitrogens is 1. The van der Waals surface area contributed by atoms with Crippen LogP contribution in [-0.4, -0.2) is 20.4 Å². The molecule has 1 N–H and O–H groups in total. The molecule has 2 aromatic carbocycles. The van der Waals surface area contributed by atoms with Gasteiger partial charge in [0.1, 0.15) is 16.7 Å². The van der Waals surface area contributed by atoms with Crippen molar-refractivity contribution in [3.63, 3.8) is 0 Å². The van der Waals surface area contributed by atoms with Crippen molar-refractivity contribution in [3.8, 4) is 11.9 Å². The van der Waals surface area contributed by atoms with Crippen LogP contribution in [-0.2, 0) is 0 Å². The lowest BCUT2D eigenvalue weighted by Gasteiger charge is -2.21. The highest BCUT2D eigenvalue weighted by Crippen LogP contribution is 2.31. The summed E-state index contributed by atoms with van der Waals surface area (Å²) in [5.74, 6) is -1.40. The third-order valence-electron chi connectivity index (χ3n) is 5.05. The van der Waals surface area contributed by atoms with E-state index in [1.165, 1.54) is 19.1 Å². The Morgan fingerprint density at radius 1 is 1.26 bits per heavy atom. The van der Waals surface area contributed by atoms with Crippen molar-refractivity contribution in [1.29, 1.82) is 5.26 Å². The van der Waals surface area contributed by atoms with E-state index in [9.17, 15) is 30.1 Å². The van der Waals surface area contributed by atoms with Gasteiger partial charge in [0.15, 0.2) is 5.78 Å². The third kappa shape index (κ3) is 3.79. The van der Waals surface area contributed by atoms with E-state index in [1.807, 2.05) is 0 Å². The van der Waals surface area contributed by atoms with E-state index in [0.29, 0.717) is 5.56 Å². The van der Waals surface area contributed by atoms with Crippen molar-refractivity contribution in [2.24, 2.45) is 0 Å². The Hall–Kier alpha value is -3.96. The molecule has 0 aliphatic heterocycles. The highest BCUT2D eigenvalue weighted by atomic mass is 35.5. The fraction of sp³-hybridized carbons (Fsp3) is 0.136. The van der Waals surface area contributed by atoms with Crippen LogP contribution >= 0.6 is 11.6 Å². The summed E-state index contributed by atoms with van der Waals surface area (Å²) in [6.07, 6.45) is 0. The van der Waals surface area contributed by atoms with E-state index in [4.69, 9.17) is 11.6 Å². The molecule has 8 nitrogen and oxygen atoms in total. The number of ketones is 1. The zero-order chi connectivity index (χ0) is 22.9. The summed E-state index contributed by atoms with van der Waals surface area (Å²) in [7, 11) is 0. The Morgan fingerprint density at radius 3 is 2.48 bits per heavy atom. The van der Waals surface area contributed by atoms with Gasteiger partial charge in [-0.25, -0.2) is 0 Å². The van der Waals surface area contributed by atoms with Crippen molar-refractivity contribution in [1.82, 2.24) is 4.57 Å². The van der Waals surface area contributed by atoms with Gasteiger partial charge in [-0.3, -0.25) is 24.3 Å². The first kappa shape index (κ1) is 21.7. The Kier molecular flexibility index (Phi) is 5.90. The molecule has 1 aromatic heterocycles. The maximum Gasteiger partial charge on any atom is 0.288 e. The number of nitriles is 1. The third-order valence-corrected chi connectivity index (χ3v) is 5.37. The van der Waals surface area contributed by atoms with Gasteiger partial charge < -0.3 is 5.11 Å². The molecule has 0 saturated heterocycles. The number of rotatable bonds is 5. The maximum atomic E-state index is 13.2. The highest BCUT2D eigenvalue weighted by Gasteiger charge is 2.28. The first-order valence-electron chi connectivity index (χ1n) is 9.10. The number of halogens is 1. The summed E-state index contributed by atoms with van der Waals surface area (Å²) in [5.41, 5.74) is -1.25. The normalized spacial score (nSPS) is 11.5. The summed E-state index contributed by atoms with van der Waals surface area (Å²) in [4.78, 5) is 36.6. The zero-order valence-corrected chi connectivity index (χ0v) is 17.3. The van der Waals surface area contributed by atoms with Crippen LogP contribution < -0.4 is 5.56 Å². The lowest BCUT2D eigenvalue weighted by Crippen LogP contribution is -2.29. The molecule has 3 aromatic rings. The van der Waals surface area contributed by atoms with Gasteiger partial charge in [-0.1, -0.05) is 41.9 Å². The highest BCUT2D eigenvalue weighted by molar-refractivity contribution is 6.32. The number of nitrogens with zero attached hydrogens (tertiary/aromatic N) is 3. The quantitative estimate of drug-likeness (QED) is 0.363. The van der Waals surface area contributed by atoms with Crippen molar-refractivity contribution in [3.05, 3.63) is 102 Å². The summed E-state index contributed by atoms with van der Waals surface area (Å²) in [5, 5.41) is 31.5. The first-order valence-corrected chi connectivity index (χ1v) is 9.48. The Balaban J connectivity index is 2.28. The van der Waals surface area contributed by atoms with Crippen molar-refractivity contribution >= 4 is 23.1 Å². The first-order chi connectivity index (χ1) is 14.7. The minimum atomic E-state index is -0.778. The van der Waals surface area contributed by atoms with Gasteiger partial charge in [-0.15, -0.1) is 0 Å². The van der Waals surface area contributed by atoms with Crippen LogP contribution in [0.2, 0.25) is 5.02 Å². The van der Waals surface area contributed by atoms with Crippen LogP contribution in [0.25, 0.3) is 0 Å². The fourth-order valence-corrected chi connectivity index (χ4v) is 3.56. The fourth-order valence-electron chi connectivity index (χ4n) is 3.37. The van der Waals surface area contributed by atoms with Crippen LogP contribution in [0.5, 0.6) is 5.88 Å². The van der Waals surface area contributed by atoms with Gasteiger partial charge in [0.05, 0.1) is 16.5 Å².